The number of halogens is 1. The predicted octanol–water partition coefficient (Wildman–Crippen LogP) is 3.74. The first-order valence-electron chi connectivity index (χ1n) is 7.26. The summed E-state index contributed by atoms with van der Waals surface area (Å²) in [5.41, 5.74) is 3.81. The molecule has 0 spiro atoms. The molecule has 4 nitrogen and oxygen atoms in total. The van der Waals surface area contributed by atoms with Gasteiger partial charge in [0.05, 0.1) is 0 Å². The van der Waals surface area contributed by atoms with Crippen LogP contribution in [0.5, 0.6) is 0 Å². The Morgan fingerprint density at radius 3 is 2.38 bits per heavy atom. The summed E-state index contributed by atoms with van der Waals surface area (Å²) < 4.78 is 3.18. The van der Waals surface area contributed by atoms with Crippen molar-refractivity contribution in [2.24, 2.45) is 0 Å². The van der Waals surface area contributed by atoms with E-state index in [1.807, 2.05) is 11.7 Å². The fourth-order valence-electron chi connectivity index (χ4n) is 2.60. The second-order valence-electron chi connectivity index (χ2n) is 5.73. The molecule has 21 heavy (non-hydrogen) atoms. The van der Waals surface area contributed by atoms with E-state index in [0.29, 0.717) is 6.04 Å². The van der Waals surface area contributed by atoms with Crippen molar-refractivity contribution in [2.45, 2.75) is 46.2 Å². The van der Waals surface area contributed by atoms with E-state index in [9.17, 15) is 0 Å². The van der Waals surface area contributed by atoms with Gasteiger partial charge in [0.2, 0.25) is 0 Å². The van der Waals surface area contributed by atoms with Crippen LogP contribution in [0.25, 0.3) is 0 Å². The molecule has 0 bridgehead atoms. The Bertz CT molecular complexity index is 595. The van der Waals surface area contributed by atoms with Gasteiger partial charge in [-0.3, -0.25) is 0 Å². The van der Waals surface area contributed by atoms with Crippen LogP contribution < -0.4 is 5.32 Å². The molecule has 0 saturated heterocycles. The highest BCUT2D eigenvalue weighted by Crippen LogP contribution is 2.27. The van der Waals surface area contributed by atoms with Crippen LogP contribution in [0.15, 0.2) is 22.9 Å². The van der Waals surface area contributed by atoms with Gasteiger partial charge in [-0.1, -0.05) is 28.1 Å². The zero-order chi connectivity index (χ0) is 15.6. The van der Waals surface area contributed by atoms with Gasteiger partial charge in [-0.2, -0.15) is 5.10 Å². The van der Waals surface area contributed by atoms with Crippen molar-refractivity contribution in [3.05, 3.63) is 45.4 Å². The average Bonchev–Trinajstić information content (AvgIpc) is 2.90. The first kappa shape index (κ1) is 16.2. The van der Waals surface area contributed by atoms with Gasteiger partial charge in [0.25, 0.3) is 0 Å². The highest BCUT2D eigenvalue weighted by molar-refractivity contribution is 9.10. The fourth-order valence-corrected chi connectivity index (χ4v) is 2.83. The summed E-state index contributed by atoms with van der Waals surface area (Å²) in [7, 11) is 1.99. The standard InChI is InChI=1S/C16H23BrN4/c1-10(2)21-15(19-9-20-21)8-14(18-5)13-6-11(3)16(17)12(4)7-13/h6-7,9-10,14,18H,8H2,1-5H3. The van der Waals surface area contributed by atoms with Gasteiger partial charge < -0.3 is 5.32 Å². The van der Waals surface area contributed by atoms with E-state index in [0.717, 1.165) is 12.2 Å². The highest BCUT2D eigenvalue weighted by Gasteiger charge is 2.17. The molecule has 0 saturated carbocycles. The number of nitrogens with zero attached hydrogens (tertiary/aromatic N) is 3. The number of hydrogen-bond donors (Lipinski definition) is 1. The molecule has 0 aliphatic rings. The lowest BCUT2D eigenvalue weighted by molar-refractivity contribution is 0.477. The third kappa shape index (κ3) is 3.52. The molecular weight excluding hydrogens is 328 g/mol. The van der Waals surface area contributed by atoms with Crippen LogP contribution in [0.1, 0.15) is 48.4 Å². The minimum Gasteiger partial charge on any atom is -0.313 e. The summed E-state index contributed by atoms with van der Waals surface area (Å²) in [6.45, 7) is 8.51. The van der Waals surface area contributed by atoms with Gasteiger partial charge >= 0.3 is 0 Å². The first-order chi connectivity index (χ1) is 9.93. The van der Waals surface area contributed by atoms with Crippen LogP contribution >= 0.6 is 15.9 Å². The van der Waals surface area contributed by atoms with Crippen molar-refractivity contribution in [2.75, 3.05) is 7.05 Å². The van der Waals surface area contributed by atoms with Gasteiger partial charge in [-0.15, -0.1) is 0 Å². The summed E-state index contributed by atoms with van der Waals surface area (Å²) in [5.74, 6) is 1.02. The maximum absolute atomic E-state index is 4.42. The second-order valence-corrected chi connectivity index (χ2v) is 6.52. The monoisotopic (exact) mass is 350 g/mol. The number of aryl methyl sites for hydroxylation is 2. The van der Waals surface area contributed by atoms with Gasteiger partial charge in [-0.25, -0.2) is 9.67 Å². The molecule has 1 unspecified atom stereocenters. The molecule has 0 aliphatic heterocycles. The minimum absolute atomic E-state index is 0.234. The van der Waals surface area contributed by atoms with Crippen molar-refractivity contribution in [1.29, 1.82) is 0 Å². The van der Waals surface area contributed by atoms with E-state index in [-0.39, 0.29) is 6.04 Å². The number of likely N-dealkylation sites (N-methyl/N-ethyl adjacent to an activating group) is 1. The van der Waals surface area contributed by atoms with E-state index >= 15 is 0 Å². The lowest BCUT2D eigenvalue weighted by Crippen LogP contribution is -2.22. The van der Waals surface area contributed by atoms with Crippen molar-refractivity contribution >= 4 is 15.9 Å². The largest absolute Gasteiger partial charge is 0.313 e. The Hall–Kier alpha value is -1.20. The van der Waals surface area contributed by atoms with Crippen LogP contribution in [-0.4, -0.2) is 21.8 Å². The van der Waals surface area contributed by atoms with Gasteiger partial charge in [0, 0.05) is 23.0 Å². The molecule has 1 heterocycles. The van der Waals surface area contributed by atoms with Gasteiger partial charge in [0.15, 0.2) is 0 Å². The maximum Gasteiger partial charge on any atom is 0.138 e. The number of hydrogen-bond acceptors (Lipinski definition) is 3. The molecule has 0 fully saturated rings. The summed E-state index contributed by atoms with van der Waals surface area (Å²) >= 11 is 3.63. The maximum atomic E-state index is 4.42. The van der Waals surface area contributed by atoms with Gasteiger partial charge in [0.1, 0.15) is 12.2 Å². The number of nitrogens with one attached hydrogen (secondary N) is 1. The van der Waals surface area contributed by atoms with Crippen LogP contribution in [0.3, 0.4) is 0 Å². The summed E-state index contributed by atoms with van der Waals surface area (Å²) in [6, 6.07) is 5.02. The van der Waals surface area contributed by atoms with Crippen molar-refractivity contribution in [3.63, 3.8) is 0 Å². The van der Waals surface area contributed by atoms with Crippen molar-refractivity contribution < 1.29 is 0 Å². The van der Waals surface area contributed by atoms with Crippen LogP contribution in [0, 0.1) is 13.8 Å². The van der Waals surface area contributed by atoms with Crippen molar-refractivity contribution in [1.82, 2.24) is 20.1 Å². The van der Waals surface area contributed by atoms with E-state index in [2.05, 4.69) is 71.2 Å². The van der Waals surface area contributed by atoms with E-state index in [1.165, 1.54) is 21.2 Å². The van der Waals surface area contributed by atoms with Crippen LogP contribution in [-0.2, 0) is 6.42 Å². The molecule has 0 aliphatic carbocycles. The fraction of sp³-hybridized carbons (Fsp3) is 0.500. The molecule has 1 aromatic carbocycles. The SMILES string of the molecule is CNC(Cc1ncnn1C(C)C)c1cc(C)c(Br)c(C)c1. The Morgan fingerprint density at radius 1 is 1.24 bits per heavy atom. The first-order valence-corrected chi connectivity index (χ1v) is 8.05. The quantitative estimate of drug-likeness (QED) is 0.892. The van der Waals surface area contributed by atoms with Crippen molar-refractivity contribution in [3.8, 4) is 0 Å². The van der Waals surface area contributed by atoms with Crippen LogP contribution in [0.4, 0.5) is 0 Å². The Kier molecular flexibility index (Phi) is 5.17. The van der Waals surface area contributed by atoms with E-state index in [1.54, 1.807) is 6.33 Å². The number of aromatic nitrogens is 3. The second kappa shape index (κ2) is 6.71. The lowest BCUT2D eigenvalue weighted by Gasteiger charge is -2.19. The number of benzene rings is 1. The zero-order valence-electron chi connectivity index (χ0n) is 13.3. The zero-order valence-corrected chi connectivity index (χ0v) is 14.9. The molecule has 5 heteroatoms. The average molecular weight is 351 g/mol. The summed E-state index contributed by atoms with van der Waals surface area (Å²) in [4.78, 5) is 4.42. The molecule has 1 aromatic heterocycles. The molecule has 1 N–H and O–H groups in total. The third-order valence-corrected chi connectivity index (χ3v) is 4.98. The normalized spacial score (nSPS) is 12.9. The van der Waals surface area contributed by atoms with E-state index in [4.69, 9.17) is 0 Å². The third-order valence-electron chi connectivity index (χ3n) is 3.73. The highest BCUT2D eigenvalue weighted by atomic mass is 79.9. The molecular formula is C16H23BrN4. The Labute approximate surface area is 135 Å². The molecule has 2 rings (SSSR count). The Morgan fingerprint density at radius 2 is 1.86 bits per heavy atom. The smallest absolute Gasteiger partial charge is 0.138 e. The van der Waals surface area contributed by atoms with E-state index < -0.39 is 0 Å². The minimum atomic E-state index is 0.234. The molecule has 114 valence electrons. The molecule has 2 aromatic rings. The van der Waals surface area contributed by atoms with Crippen LogP contribution in [0.2, 0.25) is 0 Å². The predicted molar refractivity (Wildman–Crippen MR) is 89.5 cm³/mol. The summed E-state index contributed by atoms with van der Waals surface area (Å²) in [6.07, 6.45) is 2.47. The lowest BCUT2D eigenvalue weighted by atomic mass is 9.99. The van der Waals surface area contributed by atoms with Gasteiger partial charge in [-0.05, 0) is 51.4 Å². The molecule has 1 atom stereocenters. The Balaban J connectivity index is 2.30. The summed E-state index contributed by atoms with van der Waals surface area (Å²) in [5, 5.41) is 7.72. The topological polar surface area (TPSA) is 42.7 Å². The number of rotatable bonds is 5. The molecule has 0 radical (unpaired) electrons. The molecule has 0 amide bonds.